The lowest BCUT2D eigenvalue weighted by molar-refractivity contribution is 0.0895. The van der Waals surface area contributed by atoms with E-state index in [9.17, 15) is 18.8 Å². The number of nitrogens with one attached hydrogen (secondary N) is 1. The van der Waals surface area contributed by atoms with Gasteiger partial charge in [0.15, 0.2) is 5.78 Å². The minimum absolute atomic E-state index is 0.0487. The van der Waals surface area contributed by atoms with Crippen molar-refractivity contribution in [3.8, 4) is 11.8 Å². The first kappa shape index (κ1) is 20.5. The van der Waals surface area contributed by atoms with Gasteiger partial charge in [0.1, 0.15) is 11.8 Å². The summed E-state index contributed by atoms with van der Waals surface area (Å²) in [6.07, 6.45) is -0.496. The van der Waals surface area contributed by atoms with Crippen molar-refractivity contribution in [3.63, 3.8) is 0 Å². The van der Waals surface area contributed by atoms with Crippen molar-refractivity contribution in [3.05, 3.63) is 40.7 Å². The Morgan fingerprint density at radius 1 is 1.30 bits per heavy atom. The highest BCUT2D eigenvalue weighted by molar-refractivity contribution is 6.00. The Bertz CT molecular complexity index is 1020. The fourth-order valence-electron chi connectivity index (χ4n) is 4.29. The molecule has 0 bridgehead atoms. The molecule has 158 valence electrons. The molecular weight excluding hydrogens is 390 g/mol. The van der Waals surface area contributed by atoms with Crippen LogP contribution in [-0.2, 0) is 11.2 Å². The maximum Gasteiger partial charge on any atom is 0.282 e. The summed E-state index contributed by atoms with van der Waals surface area (Å²) in [6.45, 7) is 5.20. The van der Waals surface area contributed by atoms with E-state index in [0.29, 0.717) is 42.3 Å². The molecule has 1 aliphatic heterocycles. The van der Waals surface area contributed by atoms with Gasteiger partial charge in [-0.2, -0.15) is 10.4 Å². The van der Waals surface area contributed by atoms with Crippen molar-refractivity contribution < 1.29 is 18.3 Å². The molecule has 2 aromatic rings. The largest absolute Gasteiger partial charge is 0.381 e. The fourth-order valence-corrected chi connectivity index (χ4v) is 4.29. The van der Waals surface area contributed by atoms with Crippen LogP contribution in [0.15, 0.2) is 18.2 Å². The molecular formula is C22H24F2N4O2. The highest BCUT2D eigenvalue weighted by Crippen LogP contribution is 2.39. The normalized spacial score (nSPS) is 18.9. The zero-order valence-corrected chi connectivity index (χ0v) is 17.0. The Hall–Kier alpha value is -2.79. The Morgan fingerprint density at radius 3 is 2.70 bits per heavy atom. The minimum atomic E-state index is -2.83. The number of anilines is 1. The summed E-state index contributed by atoms with van der Waals surface area (Å²) in [5.74, 6) is -0.294. The van der Waals surface area contributed by atoms with E-state index in [2.05, 4.69) is 16.5 Å². The number of fused-ring (bicyclic) bond motifs is 1. The van der Waals surface area contributed by atoms with Crippen LogP contribution in [0.2, 0.25) is 0 Å². The smallest absolute Gasteiger partial charge is 0.282 e. The highest BCUT2D eigenvalue weighted by Gasteiger charge is 2.38. The molecule has 1 saturated heterocycles. The van der Waals surface area contributed by atoms with Crippen molar-refractivity contribution in [1.29, 1.82) is 5.26 Å². The van der Waals surface area contributed by atoms with Gasteiger partial charge in [-0.25, -0.2) is 13.5 Å². The third kappa shape index (κ3) is 3.82. The SMILES string of the molecule is CC1(C)CC(=O)c2c(C(F)F)nn(-c3ccc(C#N)c(NC4CCOCC4)c3)c2C1. The molecule has 0 unspecified atom stereocenters. The summed E-state index contributed by atoms with van der Waals surface area (Å²) in [4.78, 5) is 12.6. The van der Waals surface area contributed by atoms with Gasteiger partial charge in [-0.3, -0.25) is 4.79 Å². The van der Waals surface area contributed by atoms with Crippen LogP contribution in [0, 0.1) is 16.7 Å². The monoisotopic (exact) mass is 414 g/mol. The molecule has 0 radical (unpaired) electrons. The Morgan fingerprint density at radius 2 is 2.03 bits per heavy atom. The third-order valence-electron chi connectivity index (χ3n) is 5.73. The number of Topliss-reactive ketones (excluding diaryl/α,β-unsaturated/α-hetero) is 1. The number of rotatable bonds is 4. The molecule has 1 N–H and O–H groups in total. The Labute approximate surface area is 173 Å². The molecule has 0 spiro atoms. The number of nitrogens with zero attached hydrogens (tertiary/aromatic N) is 3. The summed E-state index contributed by atoms with van der Waals surface area (Å²) in [5, 5.41) is 17.0. The molecule has 2 heterocycles. The van der Waals surface area contributed by atoms with E-state index >= 15 is 0 Å². The second kappa shape index (κ2) is 7.80. The predicted molar refractivity (Wildman–Crippen MR) is 107 cm³/mol. The van der Waals surface area contributed by atoms with Gasteiger partial charge in [0.25, 0.3) is 6.43 Å². The Kier molecular flexibility index (Phi) is 5.33. The van der Waals surface area contributed by atoms with E-state index in [0.717, 1.165) is 12.8 Å². The second-order valence-electron chi connectivity index (χ2n) is 8.73. The molecule has 1 aromatic heterocycles. The van der Waals surface area contributed by atoms with Crippen LogP contribution in [0.25, 0.3) is 5.69 Å². The number of aromatic nitrogens is 2. The van der Waals surface area contributed by atoms with Gasteiger partial charge in [0.05, 0.1) is 28.2 Å². The average Bonchev–Trinajstić information content (AvgIpc) is 3.07. The van der Waals surface area contributed by atoms with Crippen molar-refractivity contribution in [2.45, 2.75) is 52.0 Å². The molecule has 0 saturated carbocycles. The quantitative estimate of drug-likeness (QED) is 0.801. The molecule has 0 atom stereocenters. The summed E-state index contributed by atoms with van der Waals surface area (Å²) in [7, 11) is 0. The maximum absolute atomic E-state index is 13.7. The van der Waals surface area contributed by atoms with Crippen LogP contribution in [0.1, 0.15) is 66.8 Å². The second-order valence-corrected chi connectivity index (χ2v) is 8.73. The fraction of sp³-hybridized carbons (Fsp3) is 0.500. The molecule has 4 rings (SSSR count). The van der Waals surface area contributed by atoms with Gasteiger partial charge >= 0.3 is 0 Å². The number of carbonyl (C=O) groups excluding carboxylic acids is 1. The van der Waals surface area contributed by atoms with Gasteiger partial charge in [0, 0.05) is 25.7 Å². The van der Waals surface area contributed by atoms with Crippen molar-refractivity contribution >= 4 is 11.5 Å². The molecule has 1 aromatic carbocycles. The van der Waals surface area contributed by atoms with Gasteiger partial charge in [-0.1, -0.05) is 13.8 Å². The number of halogens is 2. The van der Waals surface area contributed by atoms with Crippen LogP contribution >= 0.6 is 0 Å². The number of alkyl halides is 2. The molecule has 6 nitrogen and oxygen atoms in total. The molecule has 30 heavy (non-hydrogen) atoms. The van der Waals surface area contributed by atoms with Crippen molar-refractivity contribution in [2.24, 2.45) is 5.41 Å². The third-order valence-corrected chi connectivity index (χ3v) is 5.73. The summed E-state index contributed by atoms with van der Waals surface area (Å²) >= 11 is 0. The van der Waals surface area contributed by atoms with Crippen LogP contribution in [-0.4, -0.2) is 34.8 Å². The first-order valence-electron chi connectivity index (χ1n) is 10.1. The van der Waals surface area contributed by atoms with Gasteiger partial charge < -0.3 is 10.1 Å². The Balaban J connectivity index is 1.79. The van der Waals surface area contributed by atoms with Gasteiger partial charge in [0.2, 0.25) is 0 Å². The molecule has 1 aliphatic carbocycles. The van der Waals surface area contributed by atoms with E-state index in [1.165, 1.54) is 4.68 Å². The standard InChI is InChI=1S/C22H24F2N4O2/c1-22(2)10-17-19(18(29)11-22)20(21(23)24)27-28(17)15-4-3-13(12-25)16(9-15)26-14-5-7-30-8-6-14/h3-4,9,14,21,26H,5-8,10-11H2,1-2H3. The van der Waals surface area contributed by atoms with Crippen LogP contribution in [0.5, 0.6) is 0 Å². The van der Waals surface area contributed by atoms with Crippen molar-refractivity contribution in [1.82, 2.24) is 9.78 Å². The lowest BCUT2D eigenvalue weighted by Gasteiger charge is -2.29. The summed E-state index contributed by atoms with van der Waals surface area (Å²) in [5.41, 5.74) is 1.41. The molecule has 0 amide bonds. The number of carbonyl (C=O) groups is 1. The zero-order chi connectivity index (χ0) is 21.5. The van der Waals surface area contributed by atoms with Gasteiger partial charge in [-0.15, -0.1) is 0 Å². The van der Waals surface area contributed by atoms with E-state index in [-0.39, 0.29) is 29.2 Å². The van der Waals surface area contributed by atoms with E-state index in [4.69, 9.17) is 4.74 Å². The first-order valence-corrected chi connectivity index (χ1v) is 10.1. The van der Waals surface area contributed by atoms with Crippen LogP contribution in [0.3, 0.4) is 0 Å². The van der Waals surface area contributed by atoms with Crippen molar-refractivity contribution in [2.75, 3.05) is 18.5 Å². The van der Waals surface area contributed by atoms with Crippen LogP contribution < -0.4 is 5.32 Å². The number of ether oxygens (including phenoxy) is 1. The molecule has 2 aliphatic rings. The van der Waals surface area contributed by atoms with Gasteiger partial charge in [-0.05, 0) is 42.9 Å². The van der Waals surface area contributed by atoms with E-state index in [1.807, 2.05) is 13.8 Å². The lowest BCUT2D eigenvalue weighted by Crippen LogP contribution is -2.29. The summed E-state index contributed by atoms with van der Waals surface area (Å²) in [6, 6.07) is 7.43. The van der Waals surface area contributed by atoms with E-state index in [1.54, 1.807) is 18.2 Å². The topological polar surface area (TPSA) is 79.9 Å². The predicted octanol–water partition coefficient (Wildman–Crippen LogP) is 4.43. The number of nitriles is 1. The molecule has 8 heteroatoms. The first-order chi connectivity index (χ1) is 14.3. The maximum atomic E-state index is 13.7. The molecule has 1 fully saturated rings. The zero-order valence-electron chi connectivity index (χ0n) is 17.0. The average molecular weight is 414 g/mol. The number of ketones is 1. The summed E-state index contributed by atoms with van der Waals surface area (Å²) < 4.78 is 34.2. The van der Waals surface area contributed by atoms with Crippen LogP contribution in [0.4, 0.5) is 14.5 Å². The highest BCUT2D eigenvalue weighted by atomic mass is 19.3. The lowest BCUT2D eigenvalue weighted by atomic mass is 9.75. The number of hydrogen-bond acceptors (Lipinski definition) is 5. The number of hydrogen-bond donors (Lipinski definition) is 1. The minimum Gasteiger partial charge on any atom is -0.381 e. The van der Waals surface area contributed by atoms with E-state index < -0.39 is 12.1 Å². The number of benzene rings is 1.